The fraction of sp³-hybridized carbons (Fsp3) is 0.538. The number of hydrogen-bond donors (Lipinski definition) is 0. The Hall–Kier alpha value is -1.03. The highest BCUT2D eigenvalue weighted by atomic mass is 35.5. The largest absolute Gasteiger partial charge is 0.234 e. The van der Waals surface area contributed by atoms with E-state index in [1.54, 1.807) is 4.52 Å². The molecule has 0 amide bonds. The van der Waals surface area contributed by atoms with Crippen LogP contribution in [0.4, 0.5) is 0 Å². The second kappa shape index (κ2) is 4.92. The van der Waals surface area contributed by atoms with Gasteiger partial charge in [0, 0.05) is 11.9 Å². The first kappa shape index (κ1) is 12.0. The first-order valence-electron chi connectivity index (χ1n) is 6.74. The van der Waals surface area contributed by atoms with Crippen molar-refractivity contribution in [2.24, 2.45) is 5.92 Å². The number of nitrogens with zero attached hydrogens (tertiary/aromatic N) is 3. The second-order valence-corrected chi connectivity index (χ2v) is 5.73. The third kappa shape index (κ3) is 2.26. The van der Waals surface area contributed by atoms with Crippen LogP contribution < -0.4 is 5.46 Å². The Bertz CT molecular complexity index is 561. The van der Waals surface area contributed by atoms with Gasteiger partial charge in [-0.3, -0.25) is 0 Å². The van der Waals surface area contributed by atoms with Gasteiger partial charge in [0.15, 0.2) is 5.65 Å². The first-order valence-corrected chi connectivity index (χ1v) is 7.11. The monoisotopic (exact) mass is 261 g/mol. The molecule has 94 valence electrons. The first-order chi connectivity index (χ1) is 8.74. The summed E-state index contributed by atoms with van der Waals surface area (Å²) in [4.78, 5) is 4.71. The van der Waals surface area contributed by atoms with Crippen LogP contribution in [0, 0.1) is 5.92 Å². The van der Waals surface area contributed by atoms with Gasteiger partial charge in [0.25, 0.3) is 0 Å². The van der Waals surface area contributed by atoms with Crippen molar-refractivity contribution in [2.45, 2.75) is 38.5 Å². The van der Waals surface area contributed by atoms with Crippen molar-refractivity contribution < 1.29 is 0 Å². The molecule has 0 radical (unpaired) electrons. The van der Waals surface area contributed by atoms with E-state index >= 15 is 0 Å². The van der Waals surface area contributed by atoms with E-state index in [9.17, 15) is 0 Å². The summed E-state index contributed by atoms with van der Waals surface area (Å²) < 4.78 is 1.71. The summed E-state index contributed by atoms with van der Waals surface area (Å²) in [5, 5.41) is 4.89. The molecule has 1 aliphatic rings. The van der Waals surface area contributed by atoms with E-state index in [4.69, 9.17) is 16.6 Å². The quantitative estimate of drug-likeness (QED) is 0.609. The molecule has 0 aliphatic heterocycles. The van der Waals surface area contributed by atoms with Gasteiger partial charge in [-0.25, -0.2) is 9.50 Å². The van der Waals surface area contributed by atoms with Gasteiger partial charge in [0.1, 0.15) is 13.0 Å². The van der Waals surface area contributed by atoms with Crippen molar-refractivity contribution >= 4 is 30.6 Å². The fourth-order valence-corrected chi connectivity index (χ4v) is 3.12. The predicted molar refractivity (Wildman–Crippen MR) is 76.5 cm³/mol. The van der Waals surface area contributed by atoms with Crippen LogP contribution in [-0.2, 0) is 6.42 Å². The molecule has 2 aromatic rings. The summed E-state index contributed by atoms with van der Waals surface area (Å²) in [6, 6.07) is 1.97. The van der Waals surface area contributed by atoms with Gasteiger partial charge >= 0.3 is 0 Å². The summed E-state index contributed by atoms with van der Waals surface area (Å²) in [5.41, 5.74) is 3.10. The topological polar surface area (TPSA) is 30.2 Å². The molecule has 0 N–H and O–H groups in total. The Morgan fingerprint density at radius 3 is 2.89 bits per heavy atom. The van der Waals surface area contributed by atoms with Crippen LogP contribution in [0.2, 0.25) is 5.15 Å². The van der Waals surface area contributed by atoms with Crippen molar-refractivity contribution in [1.29, 1.82) is 0 Å². The van der Waals surface area contributed by atoms with Crippen molar-refractivity contribution in [1.82, 2.24) is 14.6 Å². The average molecular weight is 262 g/mol. The zero-order chi connectivity index (χ0) is 12.5. The SMILES string of the molecule is Bc1cnn2c(Cl)cc(CC3CCCCC3)nc12. The van der Waals surface area contributed by atoms with Gasteiger partial charge < -0.3 is 0 Å². The Kier molecular flexibility index (Phi) is 3.29. The minimum atomic E-state index is 0.666. The summed E-state index contributed by atoms with van der Waals surface area (Å²) in [6.07, 6.45) is 9.68. The van der Waals surface area contributed by atoms with Crippen molar-refractivity contribution in [3.63, 3.8) is 0 Å². The highest BCUT2D eigenvalue weighted by Crippen LogP contribution is 2.27. The van der Waals surface area contributed by atoms with Gasteiger partial charge in [-0.15, -0.1) is 0 Å². The average Bonchev–Trinajstić information content (AvgIpc) is 2.73. The normalized spacial score (nSPS) is 17.4. The molecule has 0 atom stereocenters. The molecule has 2 heterocycles. The van der Waals surface area contributed by atoms with Gasteiger partial charge in [-0.2, -0.15) is 5.10 Å². The third-order valence-corrected chi connectivity index (χ3v) is 4.15. The molecule has 0 bridgehead atoms. The van der Waals surface area contributed by atoms with Crippen molar-refractivity contribution in [3.05, 3.63) is 23.1 Å². The minimum Gasteiger partial charge on any atom is -0.234 e. The van der Waals surface area contributed by atoms with E-state index < -0.39 is 0 Å². The maximum atomic E-state index is 6.25. The van der Waals surface area contributed by atoms with Gasteiger partial charge in [-0.05, 0) is 23.9 Å². The van der Waals surface area contributed by atoms with Crippen LogP contribution in [0.1, 0.15) is 37.8 Å². The predicted octanol–water partition coefficient (Wildman–Crippen LogP) is 1.76. The summed E-state index contributed by atoms with van der Waals surface area (Å²) in [7, 11) is 2.02. The number of fused-ring (bicyclic) bond motifs is 1. The number of hydrogen-bond acceptors (Lipinski definition) is 2. The van der Waals surface area contributed by atoms with Gasteiger partial charge in [0.05, 0.1) is 0 Å². The van der Waals surface area contributed by atoms with E-state index in [1.165, 1.54) is 32.1 Å². The summed E-state index contributed by atoms with van der Waals surface area (Å²) in [5.74, 6) is 0.785. The van der Waals surface area contributed by atoms with Gasteiger partial charge in [0.2, 0.25) is 0 Å². The molecular formula is C13H17BClN3. The van der Waals surface area contributed by atoms with Crippen LogP contribution in [0.3, 0.4) is 0 Å². The van der Waals surface area contributed by atoms with Crippen LogP contribution >= 0.6 is 11.6 Å². The van der Waals surface area contributed by atoms with Crippen molar-refractivity contribution in [3.8, 4) is 0 Å². The van der Waals surface area contributed by atoms with Crippen LogP contribution in [0.25, 0.3) is 5.65 Å². The molecule has 0 aromatic carbocycles. The highest BCUT2D eigenvalue weighted by Gasteiger charge is 2.16. The lowest BCUT2D eigenvalue weighted by Crippen LogP contribution is -2.12. The minimum absolute atomic E-state index is 0.666. The van der Waals surface area contributed by atoms with E-state index in [-0.39, 0.29) is 0 Å². The lowest BCUT2D eigenvalue weighted by atomic mass is 9.86. The van der Waals surface area contributed by atoms with Crippen LogP contribution in [0.15, 0.2) is 12.3 Å². The molecule has 1 aliphatic carbocycles. The zero-order valence-corrected chi connectivity index (χ0v) is 11.5. The molecule has 5 heteroatoms. The molecule has 3 nitrogen and oxygen atoms in total. The Balaban J connectivity index is 1.89. The molecule has 0 unspecified atom stereocenters. The molecule has 3 rings (SSSR count). The molecule has 1 fully saturated rings. The summed E-state index contributed by atoms with van der Waals surface area (Å²) >= 11 is 6.25. The van der Waals surface area contributed by atoms with Crippen LogP contribution in [0.5, 0.6) is 0 Å². The van der Waals surface area contributed by atoms with Crippen LogP contribution in [-0.4, -0.2) is 22.4 Å². The van der Waals surface area contributed by atoms with Crippen molar-refractivity contribution in [2.75, 3.05) is 0 Å². The Morgan fingerprint density at radius 2 is 2.11 bits per heavy atom. The Morgan fingerprint density at radius 1 is 1.33 bits per heavy atom. The summed E-state index contributed by atoms with van der Waals surface area (Å²) in [6.45, 7) is 0. The maximum Gasteiger partial charge on any atom is 0.150 e. The number of rotatable bonds is 2. The van der Waals surface area contributed by atoms with E-state index in [0.29, 0.717) is 5.15 Å². The number of aromatic nitrogens is 3. The second-order valence-electron chi connectivity index (χ2n) is 5.34. The number of halogens is 1. The third-order valence-electron chi connectivity index (χ3n) is 3.88. The smallest absolute Gasteiger partial charge is 0.150 e. The van der Waals surface area contributed by atoms with Gasteiger partial charge in [-0.1, -0.05) is 43.7 Å². The molecule has 18 heavy (non-hydrogen) atoms. The highest BCUT2D eigenvalue weighted by molar-refractivity contribution is 6.36. The molecule has 0 spiro atoms. The lowest BCUT2D eigenvalue weighted by molar-refractivity contribution is 0.354. The zero-order valence-electron chi connectivity index (χ0n) is 10.7. The van der Waals surface area contributed by atoms with E-state index in [1.807, 2.05) is 20.1 Å². The van der Waals surface area contributed by atoms with E-state index in [2.05, 4.69) is 5.10 Å². The standard InChI is InChI=1S/C13H17BClN3/c14-11-8-16-18-12(15)7-10(17-13(11)18)6-9-4-2-1-3-5-9/h7-9H,1-6,14H2. The maximum absolute atomic E-state index is 6.25. The molecule has 2 aromatic heterocycles. The molecular weight excluding hydrogens is 244 g/mol. The molecule has 0 saturated heterocycles. The van der Waals surface area contributed by atoms with E-state index in [0.717, 1.165) is 29.1 Å². The lowest BCUT2D eigenvalue weighted by Gasteiger charge is -2.21. The molecule has 1 saturated carbocycles. The Labute approximate surface area is 113 Å². The fourth-order valence-electron chi connectivity index (χ4n) is 2.87.